The summed E-state index contributed by atoms with van der Waals surface area (Å²) in [5.74, 6) is -0.347. The van der Waals surface area contributed by atoms with E-state index in [0.717, 1.165) is 16.0 Å². The predicted molar refractivity (Wildman–Crippen MR) is 128 cm³/mol. The van der Waals surface area contributed by atoms with Gasteiger partial charge in [0.25, 0.3) is 5.56 Å². The molecule has 0 bridgehead atoms. The molecule has 1 N–H and O–H groups in total. The van der Waals surface area contributed by atoms with Crippen LogP contribution in [0.25, 0.3) is 21.3 Å². The summed E-state index contributed by atoms with van der Waals surface area (Å²) in [5, 5.41) is 3.39. The van der Waals surface area contributed by atoms with Gasteiger partial charge in [0.15, 0.2) is 5.78 Å². The minimum Gasteiger partial charge on any atom is -0.324 e. The first-order valence-corrected chi connectivity index (χ1v) is 11.2. The average molecular weight is 446 g/mol. The molecule has 0 spiro atoms. The highest BCUT2D eigenvalue weighted by atomic mass is 32.1. The molecule has 1 unspecified atom stereocenters. The zero-order valence-electron chi connectivity index (χ0n) is 18.1. The third-order valence-electron chi connectivity index (χ3n) is 5.46. The van der Waals surface area contributed by atoms with Crippen LogP contribution < -0.4 is 10.9 Å². The van der Waals surface area contributed by atoms with Crippen LogP contribution in [-0.2, 0) is 4.79 Å². The Morgan fingerprint density at radius 1 is 1.09 bits per heavy atom. The van der Waals surface area contributed by atoms with E-state index in [4.69, 9.17) is 0 Å². The molecule has 32 heavy (non-hydrogen) atoms. The van der Waals surface area contributed by atoms with Crippen LogP contribution >= 0.6 is 11.3 Å². The van der Waals surface area contributed by atoms with Gasteiger partial charge in [0, 0.05) is 21.7 Å². The highest BCUT2D eigenvalue weighted by molar-refractivity contribution is 7.19. The van der Waals surface area contributed by atoms with E-state index in [1.165, 1.54) is 29.2 Å². The Hall–Kier alpha value is -3.58. The fourth-order valence-electron chi connectivity index (χ4n) is 3.81. The number of hydrogen-bond acceptors (Lipinski definition) is 5. The molecule has 4 aromatic rings. The Morgan fingerprint density at radius 3 is 2.41 bits per heavy atom. The molecule has 0 aliphatic heterocycles. The van der Waals surface area contributed by atoms with Crippen molar-refractivity contribution in [2.24, 2.45) is 0 Å². The molecule has 162 valence electrons. The molecule has 0 fully saturated rings. The molecule has 0 radical (unpaired) electrons. The van der Waals surface area contributed by atoms with Gasteiger partial charge in [0.05, 0.1) is 11.7 Å². The number of fused-ring (bicyclic) bond motifs is 1. The summed E-state index contributed by atoms with van der Waals surface area (Å²) < 4.78 is 1.42. The van der Waals surface area contributed by atoms with Gasteiger partial charge in [-0.05, 0) is 50.1 Å². The van der Waals surface area contributed by atoms with Crippen molar-refractivity contribution < 1.29 is 9.59 Å². The topological polar surface area (TPSA) is 81.1 Å². The maximum atomic E-state index is 13.5. The fourth-order valence-corrected chi connectivity index (χ4v) is 4.82. The molecule has 2 aromatic carbocycles. The number of aromatic nitrogens is 2. The van der Waals surface area contributed by atoms with E-state index >= 15 is 0 Å². The quantitative estimate of drug-likeness (QED) is 0.412. The lowest BCUT2D eigenvalue weighted by Crippen LogP contribution is -2.33. The summed E-state index contributed by atoms with van der Waals surface area (Å²) in [7, 11) is 0. The van der Waals surface area contributed by atoms with Crippen molar-refractivity contribution in [1.82, 2.24) is 9.55 Å². The molecule has 0 aliphatic rings. The van der Waals surface area contributed by atoms with E-state index in [1.807, 2.05) is 44.2 Å². The van der Waals surface area contributed by atoms with Gasteiger partial charge in [-0.2, -0.15) is 0 Å². The molecule has 4 rings (SSSR count). The van der Waals surface area contributed by atoms with Gasteiger partial charge in [-0.25, -0.2) is 4.98 Å². The molecule has 1 atom stereocenters. The number of nitrogens with zero attached hydrogens (tertiary/aromatic N) is 2. The van der Waals surface area contributed by atoms with E-state index in [0.29, 0.717) is 27.9 Å². The number of aryl methyl sites for hydroxylation is 1. The number of nitrogens with one attached hydrogen (secondary N) is 1. The lowest BCUT2D eigenvalue weighted by molar-refractivity contribution is -0.119. The Labute approximate surface area is 189 Å². The van der Waals surface area contributed by atoms with Gasteiger partial charge < -0.3 is 5.32 Å². The third-order valence-corrected chi connectivity index (χ3v) is 6.47. The lowest BCUT2D eigenvalue weighted by atomic mass is 10.0. The number of rotatable bonds is 6. The molecule has 1 amide bonds. The first-order chi connectivity index (χ1) is 15.4. The second kappa shape index (κ2) is 8.88. The van der Waals surface area contributed by atoms with Gasteiger partial charge in [-0.1, -0.05) is 37.3 Å². The number of thiophene rings is 1. The van der Waals surface area contributed by atoms with Crippen molar-refractivity contribution in [2.75, 3.05) is 5.32 Å². The SMILES string of the molecule is CCC(C(=O)Nc1ccc(C(C)=O)cc1)n1cnc2sc(C)c(-c3ccccc3)c2c1=O. The van der Waals surface area contributed by atoms with E-state index < -0.39 is 6.04 Å². The van der Waals surface area contributed by atoms with Crippen molar-refractivity contribution in [2.45, 2.75) is 33.2 Å². The minimum atomic E-state index is -0.712. The number of hydrogen-bond donors (Lipinski definition) is 1. The first kappa shape index (κ1) is 21.6. The molecule has 6 nitrogen and oxygen atoms in total. The average Bonchev–Trinajstić information content (AvgIpc) is 3.13. The second-order valence-corrected chi connectivity index (χ2v) is 8.79. The maximum absolute atomic E-state index is 13.5. The fraction of sp³-hybridized carbons (Fsp3) is 0.200. The standard InChI is InChI=1S/C25H23N3O3S/c1-4-20(23(30)27-19-12-10-17(11-13-19)15(2)29)28-14-26-24-22(25(28)31)21(16(3)32-24)18-8-6-5-7-9-18/h5-14,20H,4H2,1-3H3,(H,27,30). The van der Waals surface area contributed by atoms with Crippen LogP contribution in [0.1, 0.15) is 41.5 Å². The summed E-state index contributed by atoms with van der Waals surface area (Å²) in [5.41, 5.74) is 2.73. The van der Waals surface area contributed by atoms with Crippen molar-refractivity contribution in [3.63, 3.8) is 0 Å². The van der Waals surface area contributed by atoms with Gasteiger partial charge >= 0.3 is 0 Å². The van der Waals surface area contributed by atoms with Crippen LogP contribution in [0.2, 0.25) is 0 Å². The number of carbonyl (C=O) groups excluding carboxylic acids is 2. The number of amides is 1. The van der Waals surface area contributed by atoms with E-state index in [-0.39, 0.29) is 17.2 Å². The number of Topliss-reactive ketones (excluding diaryl/α,β-unsaturated/α-hetero) is 1. The molecule has 0 saturated heterocycles. The van der Waals surface area contributed by atoms with E-state index in [9.17, 15) is 14.4 Å². The molecule has 7 heteroatoms. The molecule has 0 aliphatic carbocycles. The molecular formula is C25H23N3O3S. The van der Waals surface area contributed by atoms with Crippen LogP contribution in [0.4, 0.5) is 5.69 Å². The van der Waals surface area contributed by atoms with Crippen LogP contribution in [0.3, 0.4) is 0 Å². The summed E-state index contributed by atoms with van der Waals surface area (Å²) in [6.45, 7) is 5.33. The second-order valence-electron chi connectivity index (χ2n) is 7.58. The molecular weight excluding hydrogens is 422 g/mol. The summed E-state index contributed by atoms with van der Waals surface area (Å²) >= 11 is 1.48. The normalized spacial score (nSPS) is 12.0. The van der Waals surface area contributed by atoms with E-state index in [2.05, 4.69) is 10.3 Å². The Bertz CT molecular complexity index is 1360. The Balaban J connectivity index is 1.72. The number of ketones is 1. The smallest absolute Gasteiger partial charge is 0.263 e. The highest BCUT2D eigenvalue weighted by Gasteiger charge is 2.24. The molecule has 0 saturated carbocycles. The van der Waals surface area contributed by atoms with Gasteiger partial charge in [-0.3, -0.25) is 19.0 Å². The zero-order chi connectivity index (χ0) is 22.8. The molecule has 2 heterocycles. The van der Waals surface area contributed by atoms with Gasteiger partial charge in [-0.15, -0.1) is 11.3 Å². The summed E-state index contributed by atoms with van der Waals surface area (Å²) in [6, 6.07) is 15.7. The van der Waals surface area contributed by atoms with Gasteiger partial charge in [0.2, 0.25) is 5.91 Å². The number of benzene rings is 2. The maximum Gasteiger partial charge on any atom is 0.263 e. The highest BCUT2D eigenvalue weighted by Crippen LogP contribution is 2.35. The third kappa shape index (κ3) is 3.99. The van der Waals surface area contributed by atoms with Gasteiger partial charge in [0.1, 0.15) is 10.9 Å². The Kier molecular flexibility index (Phi) is 6.01. The van der Waals surface area contributed by atoms with Crippen LogP contribution in [0.15, 0.2) is 65.7 Å². The summed E-state index contributed by atoms with van der Waals surface area (Å²) in [4.78, 5) is 44.2. The van der Waals surface area contributed by atoms with Crippen LogP contribution in [0, 0.1) is 6.92 Å². The van der Waals surface area contributed by atoms with E-state index in [1.54, 1.807) is 24.3 Å². The predicted octanol–water partition coefficient (Wildman–Crippen LogP) is 5.23. The Morgan fingerprint density at radius 2 is 1.78 bits per heavy atom. The first-order valence-electron chi connectivity index (χ1n) is 10.4. The minimum absolute atomic E-state index is 0.0412. The van der Waals surface area contributed by atoms with Crippen molar-refractivity contribution in [3.05, 3.63) is 81.7 Å². The van der Waals surface area contributed by atoms with Crippen LogP contribution in [0.5, 0.6) is 0 Å². The summed E-state index contributed by atoms with van der Waals surface area (Å²) in [6.07, 6.45) is 1.89. The van der Waals surface area contributed by atoms with Crippen molar-refractivity contribution in [3.8, 4) is 11.1 Å². The number of anilines is 1. The monoisotopic (exact) mass is 445 g/mol. The molecule has 2 aromatic heterocycles. The largest absolute Gasteiger partial charge is 0.324 e. The zero-order valence-corrected chi connectivity index (χ0v) is 18.9. The van der Waals surface area contributed by atoms with Crippen molar-refractivity contribution >= 4 is 38.9 Å². The lowest BCUT2D eigenvalue weighted by Gasteiger charge is -2.18. The van der Waals surface area contributed by atoms with Crippen molar-refractivity contribution in [1.29, 1.82) is 0 Å². The van der Waals surface area contributed by atoms with Crippen LogP contribution in [-0.4, -0.2) is 21.2 Å². The number of carbonyl (C=O) groups is 2.